The summed E-state index contributed by atoms with van der Waals surface area (Å²) in [4.78, 5) is 14.4. The number of hydrogen-bond acceptors (Lipinski definition) is 4. The Morgan fingerprint density at radius 3 is 3.05 bits per heavy atom. The van der Waals surface area contributed by atoms with E-state index in [1.807, 2.05) is 12.1 Å². The Kier molecular flexibility index (Phi) is 4.59. The zero-order valence-corrected chi connectivity index (χ0v) is 12.6. The van der Waals surface area contributed by atoms with E-state index >= 15 is 0 Å². The molecule has 1 aromatic rings. The van der Waals surface area contributed by atoms with Crippen molar-refractivity contribution >= 4 is 5.91 Å². The van der Waals surface area contributed by atoms with E-state index in [1.54, 1.807) is 12.1 Å². The topological polar surface area (TPSA) is 65.4 Å². The molecule has 0 aromatic heterocycles. The Morgan fingerprint density at radius 2 is 2.27 bits per heavy atom. The summed E-state index contributed by atoms with van der Waals surface area (Å²) in [6.07, 6.45) is 4.24. The molecule has 1 aromatic carbocycles. The Labute approximate surface area is 130 Å². The molecule has 1 saturated carbocycles. The number of carbonyl (C=O) groups excluding carboxylic acids is 1. The van der Waals surface area contributed by atoms with Crippen LogP contribution in [0.15, 0.2) is 24.3 Å². The standard InChI is InChI=1S/C17H21N3O2/c18-12-13-3-1-4-15(11-13)22-10-9-20-8-2-5-16(20)17(21)19-14-6-7-14/h1,3-4,11,14,16H,2,5-10H2,(H,19,21)/t16-/m0/s1. The number of ether oxygens (including phenoxy) is 1. The molecule has 0 unspecified atom stereocenters. The molecule has 2 fully saturated rings. The number of hydrogen-bond donors (Lipinski definition) is 1. The van der Waals surface area contributed by atoms with E-state index in [4.69, 9.17) is 10.00 Å². The Bertz CT molecular complexity index is 578. The van der Waals surface area contributed by atoms with Crippen molar-refractivity contribution in [2.75, 3.05) is 19.7 Å². The molecule has 1 saturated heterocycles. The molecule has 1 atom stereocenters. The van der Waals surface area contributed by atoms with E-state index in [1.165, 1.54) is 0 Å². The summed E-state index contributed by atoms with van der Waals surface area (Å²) in [6.45, 7) is 2.21. The molecule has 1 aliphatic heterocycles. The summed E-state index contributed by atoms with van der Waals surface area (Å²) in [5, 5.41) is 12.0. The lowest BCUT2D eigenvalue weighted by atomic mass is 10.2. The van der Waals surface area contributed by atoms with Gasteiger partial charge in [0.15, 0.2) is 0 Å². The molecule has 1 N–H and O–H groups in total. The summed E-state index contributed by atoms with van der Waals surface area (Å²) < 4.78 is 5.71. The Balaban J connectivity index is 1.47. The number of nitriles is 1. The second kappa shape index (κ2) is 6.80. The summed E-state index contributed by atoms with van der Waals surface area (Å²) in [6, 6.07) is 9.67. The lowest BCUT2D eigenvalue weighted by Gasteiger charge is -2.23. The fraction of sp³-hybridized carbons (Fsp3) is 0.529. The molecule has 0 spiro atoms. The molecule has 5 nitrogen and oxygen atoms in total. The van der Waals surface area contributed by atoms with Crippen molar-refractivity contribution in [2.45, 2.75) is 37.8 Å². The highest BCUT2D eigenvalue weighted by Gasteiger charge is 2.33. The van der Waals surface area contributed by atoms with Crippen LogP contribution in [0.5, 0.6) is 5.75 Å². The summed E-state index contributed by atoms with van der Waals surface area (Å²) in [5.41, 5.74) is 0.598. The fourth-order valence-electron chi connectivity index (χ4n) is 2.85. The van der Waals surface area contributed by atoms with Crippen LogP contribution in [-0.4, -0.2) is 42.6 Å². The number of carbonyl (C=O) groups is 1. The molecule has 0 bridgehead atoms. The van der Waals surface area contributed by atoms with Crippen molar-refractivity contribution in [3.8, 4) is 11.8 Å². The summed E-state index contributed by atoms with van der Waals surface area (Å²) in [5.74, 6) is 0.878. The quantitative estimate of drug-likeness (QED) is 0.868. The molecule has 22 heavy (non-hydrogen) atoms. The first-order chi connectivity index (χ1) is 10.8. The molecule has 1 amide bonds. The van der Waals surface area contributed by atoms with Gasteiger partial charge in [0.25, 0.3) is 0 Å². The van der Waals surface area contributed by atoms with Gasteiger partial charge >= 0.3 is 0 Å². The molecular formula is C17H21N3O2. The van der Waals surface area contributed by atoms with Crippen LogP contribution in [0.4, 0.5) is 0 Å². The number of likely N-dealkylation sites (tertiary alicyclic amines) is 1. The van der Waals surface area contributed by atoms with Crippen LogP contribution in [0.3, 0.4) is 0 Å². The first-order valence-electron chi connectivity index (χ1n) is 7.93. The first kappa shape index (κ1) is 14.9. The van der Waals surface area contributed by atoms with Crippen LogP contribution in [0.2, 0.25) is 0 Å². The van der Waals surface area contributed by atoms with Crippen molar-refractivity contribution in [2.24, 2.45) is 0 Å². The number of amides is 1. The number of rotatable bonds is 6. The highest BCUT2D eigenvalue weighted by Crippen LogP contribution is 2.22. The minimum absolute atomic E-state index is 0.00496. The van der Waals surface area contributed by atoms with Crippen molar-refractivity contribution in [1.29, 1.82) is 5.26 Å². The van der Waals surface area contributed by atoms with E-state index < -0.39 is 0 Å². The number of nitrogens with zero attached hydrogens (tertiary/aromatic N) is 2. The first-order valence-corrected chi connectivity index (χ1v) is 7.93. The minimum atomic E-state index is -0.00496. The maximum atomic E-state index is 12.2. The lowest BCUT2D eigenvalue weighted by molar-refractivity contribution is -0.125. The lowest BCUT2D eigenvalue weighted by Crippen LogP contribution is -2.45. The van der Waals surface area contributed by atoms with Crippen LogP contribution in [0, 0.1) is 11.3 Å². The predicted molar refractivity (Wildman–Crippen MR) is 82.4 cm³/mol. The van der Waals surface area contributed by atoms with Crippen molar-refractivity contribution < 1.29 is 9.53 Å². The molecule has 1 aliphatic carbocycles. The molecule has 116 valence electrons. The van der Waals surface area contributed by atoms with Crippen LogP contribution < -0.4 is 10.1 Å². The van der Waals surface area contributed by atoms with Crippen LogP contribution in [0.25, 0.3) is 0 Å². The summed E-state index contributed by atoms with van der Waals surface area (Å²) >= 11 is 0. The van der Waals surface area contributed by atoms with Crippen LogP contribution in [-0.2, 0) is 4.79 Å². The second-order valence-corrected chi connectivity index (χ2v) is 5.96. The normalized spacial score (nSPS) is 21.3. The summed E-state index contributed by atoms with van der Waals surface area (Å²) in [7, 11) is 0. The third kappa shape index (κ3) is 3.77. The van der Waals surface area contributed by atoms with E-state index in [0.29, 0.717) is 24.0 Å². The third-order valence-electron chi connectivity index (χ3n) is 4.20. The van der Waals surface area contributed by atoms with E-state index in [0.717, 1.165) is 38.8 Å². The largest absolute Gasteiger partial charge is 0.492 e. The van der Waals surface area contributed by atoms with Crippen LogP contribution >= 0.6 is 0 Å². The Morgan fingerprint density at radius 1 is 1.41 bits per heavy atom. The van der Waals surface area contributed by atoms with Gasteiger partial charge in [-0.3, -0.25) is 9.69 Å². The monoisotopic (exact) mass is 299 g/mol. The van der Waals surface area contributed by atoms with Gasteiger partial charge in [0, 0.05) is 12.6 Å². The zero-order chi connectivity index (χ0) is 15.4. The average Bonchev–Trinajstić information content (AvgIpc) is 3.22. The fourth-order valence-corrected chi connectivity index (χ4v) is 2.85. The van der Waals surface area contributed by atoms with Crippen molar-refractivity contribution in [1.82, 2.24) is 10.2 Å². The SMILES string of the molecule is N#Cc1cccc(OCCN2CCC[C@H]2C(=O)NC2CC2)c1. The van der Waals surface area contributed by atoms with Gasteiger partial charge in [-0.15, -0.1) is 0 Å². The van der Waals surface area contributed by atoms with Gasteiger partial charge in [-0.25, -0.2) is 0 Å². The smallest absolute Gasteiger partial charge is 0.237 e. The third-order valence-corrected chi connectivity index (χ3v) is 4.20. The molecule has 1 heterocycles. The molecule has 3 rings (SSSR count). The van der Waals surface area contributed by atoms with Crippen LogP contribution in [0.1, 0.15) is 31.2 Å². The highest BCUT2D eigenvalue weighted by atomic mass is 16.5. The van der Waals surface area contributed by atoms with Crippen molar-refractivity contribution in [3.63, 3.8) is 0 Å². The van der Waals surface area contributed by atoms with Gasteiger partial charge < -0.3 is 10.1 Å². The molecule has 5 heteroatoms. The average molecular weight is 299 g/mol. The molecule has 2 aliphatic rings. The molecular weight excluding hydrogens is 278 g/mol. The maximum absolute atomic E-state index is 12.2. The number of nitrogens with one attached hydrogen (secondary N) is 1. The van der Waals surface area contributed by atoms with Gasteiger partial charge in [-0.2, -0.15) is 5.26 Å². The van der Waals surface area contributed by atoms with Gasteiger partial charge in [-0.05, 0) is 50.4 Å². The maximum Gasteiger partial charge on any atom is 0.237 e. The number of benzene rings is 1. The highest BCUT2D eigenvalue weighted by molar-refractivity contribution is 5.82. The van der Waals surface area contributed by atoms with Crippen molar-refractivity contribution in [3.05, 3.63) is 29.8 Å². The van der Waals surface area contributed by atoms with E-state index in [-0.39, 0.29) is 11.9 Å². The predicted octanol–water partition coefficient (Wildman–Crippen LogP) is 1.68. The van der Waals surface area contributed by atoms with Gasteiger partial charge in [0.1, 0.15) is 12.4 Å². The van der Waals surface area contributed by atoms with Gasteiger partial charge in [-0.1, -0.05) is 6.07 Å². The molecule has 0 radical (unpaired) electrons. The van der Waals surface area contributed by atoms with E-state index in [9.17, 15) is 4.79 Å². The van der Waals surface area contributed by atoms with E-state index in [2.05, 4.69) is 16.3 Å². The minimum Gasteiger partial charge on any atom is -0.492 e. The second-order valence-electron chi connectivity index (χ2n) is 5.96. The van der Waals surface area contributed by atoms with Gasteiger partial charge in [0.2, 0.25) is 5.91 Å². The van der Waals surface area contributed by atoms with Gasteiger partial charge in [0.05, 0.1) is 17.7 Å². The zero-order valence-electron chi connectivity index (χ0n) is 12.6. The Hall–Kier alpha value is -2.06.